The molecule has 0 radical (unpaired) electrons. The number of nitrogens with zero attached hydrogens (tertiary/aromatic N) is 5. The lowest BCUT2D eigenvalue weighted by Crippen LogP contribution is -2.23. The fourth-order valence-corrected chi connectivity index (χ4v) is 4.49. The quantitative estimate of drug-likeness (QED) is 0.448. The highest BCUT2D eigenvalue weighted by Crippen LogP contribution is 2.39. The third-order valence-corrected chi connectivity index (χ3v) is 6.33. The molecule has 33 heavy (non-hydrogen) atoms. The lowest BCUT2D eigenvalue weighted by molar-refractivity contribution is 0.605. The molecule has 6 rings (SSSR count). The summed E-state index contributed by atoms with van der Waals surface area (Å²) >= 11 is 0. The van der Waals surface area contributed by atoms with Gasteiger partial charge in [0.2, 0.25) is 5.95 Å². The van der Waals surface area contributed by atoms with Crippen molar-refractivity contribution in [2.75, 3.05) is 11.9 Å². The predicted octanol–water partition coefficient (Wildman–Crippen LogP) is 3.43. The Morgan fingerprint density at radius 1 is 1.18 bits per heavy atom. The zero-order valence-corrected chi connectivity index (χ0v) is 18.3. The minimum Gasteiger partial charge on any atom is -0.324 e. The van der Waals surface area contributed by atoms with Crippen molar-refractivity contribution in [3.63, 3.8) is 0 Å². The van der Waals surface area contributed by atoms with E-state index < -0.39 is 0 Å². The van der Waals surface area contributed by atoms with Gasteiger partial charge in [-0.2, -0.15) is 4.98 Å². The molecule has 4 heterocycles. The van der Waals surface area contributed by atoms with E-state index in [9.17, 15) is 4.79 Å². The Labute approximate surface area is 191 Å². The third-order valence-electron chi connectivity index (χ3n) is 6.33. The molecule has 0 amide bonds. The van der Waals surface area contributed by atoms with Crippen molar-refractivity contribution in [3.05, 3.63) is 82.6 Å². The summed E-state index contributed by atoms with van der Waals surface area (Å²) in [4.78, 5) is 26.9. The maximum Gasteiger partial charge on any atom is 0.278 e. The van der Waals surface area contributed by atoms with Crippen LogP contribution >= 0.6 is 0 Å². The van der Waals surface area contributed by atoms with E-state index in [0.717, 1.165) is 49.4 Å². The molecule has 1 fully saturated rings. The van der Waals surface area contributed by atoms with Gasteiger partial charge in [0, 0.05) is 36.2 Å². The second-order valence-corrected chi connectivity index (χ2v) is 8.67. The first kappa shape index (κ1) is 19.9. The first-order valence-corrected chi connectivity index (χ1v) is 11.4. The average Bonchev–Trinajstić information content (AvgIpc) is 3.66. The SMILES string of the molecule is C=CCn1c(=O)c2cnc(Nc3ccc4c(c3)CCNC4)nc2n1-c1ccnc(C2CC2)c1. The Morgan fingerprint density at radius 2 is 2.09 bits per heavy atom. The summed E-state index contributed by atoms with van der Waals surface area (Å²) in [6.07, 6.45) is 8.45. The van der Waals surface area contributed by atoms with Gasteiger partial charge in [-0.3, -0.25) is 9.78 Å². The zero-order valence-electron chi connectivity index (χ0n) is 18.3. The van der Waals surface area contributed by atoms with Gasteiger partial charge >= 0.3 is 0 Å². The molecule has 1 saturated carbocycles. The third kappa shape index (κ3) is 3.62. The monoisotopic (exact) mass is 439 g/mol. The Balaban J connectivity index is 1.44. The van der Waals surface area contributed by atoms with Gasteiger partial charge in [-0.15, -0.1) is 6.58 Å². The molecule has 1 aromatic carbocycles. The molecule has 0 atom stereocenters. The number of fused-ring (bicyclic) bond motifs is 2. The lowest BCUT2D eigenvalue weighted by atomic mass is 10.0. The van der Waals surface area contributed by atoms with Crippen LogP contribution in [0.1, 0.15) is 35.6 Å². The van der Waals surface area contributed by atoms with Crippen LogP contribution in [-0.4, -0.2) is 30.9 Å². The van der Waals surface area contributed by atoms with E-state index >= 15 is 0 Å². The Morgan fingerprint density at radius 3 is 2.94 bits per heavy atom. The molecule has 4 aromatic rings. The molecule has 1 aliphatic heterocycles. The van der Waals surface area contributed by atoms with Crippen molar-refractivity contribution >= 4 is 22.7 Å². The molecule has 2 aliphatic rings. The lowest BCUT2D eigenvalue weighted by Gasteiger charge is -2.18. The minimum atomic E-state index is -0.137. The summed E-state index contributed by atoms with van der Waals surface area (Å²) in [6, 6.07) is 10.3. The highest BCUT2D eigenvalue weighted by molar-refractivity contribution is 5.77. The Bertz CT molecular complexity index is 1430. The van der Waals surface area contributed by atoms with Crippen LogP contribution in [0.15, 0.2) is 60.2 Å². The molecule has 8 heteroatoms. The number of hydrogen-bond acceptors (Lipinski definition) is 6. The topological polar surface area (TPSA) is 89.7 Å². The van der Waals surface area contributed by atoms with Crippen molar-refractivity contribution in [2.24, 2.45) is 0 Å². The molecule has 0 unspecified atom stereocenters. The molecular formula is C25H25N7O. The van der Waals surface area contributed by atoms with E-state index in [1.807, 2.05) is 16.8 Å². The van der Waals surface area contributed by atoms with Gasteiger partial charge in [0.05, 0.1) is 12.2 Å². The number of anilines is 2. The van der Waals surface area contributed by atoms with Crippen molar-refractivity contribution in [2.45, 2.75) is 38.3 Å². The molecule has 0 saturated heterocycles. The van der Waals surface area contributed by atoms with Crippen molar-refractivity contribution in [3.8, 4) is 5.69 Å². The molecule has 8 nitrogen and oxygen atoms in total. The number of aromatic nitrogens is 5. The fourth-order valence-electron chi connectivity index (χ4n) is 4.49. The van der Waals surface area contributed by atoms with Gasteiger partial charge in [0.25, 0.3) is 5.56 Å². The van der Waals surface area contributed by atoms with Gasteiger partial charge in [-0.05, 0) is 61.2 Å². The van der Waals surface area contributed by atoms with Crippen LogP contribution in [0.2, 0.25) is 0 Å². The zero-order chi connectivity index (χ0) is 22.4. The highest BCUT2D eigenvalue weighted by Gasteiger charge is 2.26. The van der Waals surface area contributed by atoms with Gasteiger partial charge in [0.15, 0.2) is 5.65 Å². The minimum absolute atomic E-state index is 0.137. The molecule has 2 N–H and O–H groups in total. The Hall–Kier alpha value is -3.78. The highest BCUT2D eigenvalue weighted by atomic mass is 16.1. The molecule has 1 aliphatic carbocycles. The van der Waals surface area contributed by atoms with Crippen molar-refractivity contribution < 1.29 is 0 Å². The van der Waals surface area contributed by atoms with Crippen LogP contribution in [0, 0.1) is 0 Å². The number of rotatable bonds is 6. The molecular weight excluding hydrogens is 414 g/mol. The average molecular weight is 440 g/mol. The van der Waals surface area contributed by atoms with Crippen LogP contribution < -0.4 is 16.2 Å². The summed E-state index contributed by atoms with van der Waals surface area (Å²) in [5.74, 6) is 0.967. The summed E-state index contributed by atoms with van der Waals surface area (Å²) in [7, 11) is 0. The molecule has 0 spiro atoms. The van der Waals surface area contributed by atoms with E-state index in [-0.39, 0.29) is 5.56 Å². The summed E-state index contributed by atoms with van der Waals surface area (Å²) in [6.45, 7) is 6.08. The number of allylic oxidation sites excluding steroid dienone is 1. The second-order valence-electron chi connectivity index (χ2n) is 8.67. The first-order valence-electron chi connectivity index (χ1n) is 11.4. The summed E-state index contributed by atoms with van der Waals surface area (Å²) < 4.78 is 3.51. The van der Waals surface area contributed by atoms with E-state index in [1.165, 1.54) is 11.1 Å². The largest absolute Gasteiger partial charge is 0.324 e. The van der Waals surface area contributed by atoms with Crippen LogP contribution in [-0.2, 0) is 19.5 Å². The van der Waals surface area contributed by atoms with Gasteiger partial charge in [-0.25, -0.2) is 14.3 Å². The number of nitrogens with one attached hydrogen (secondary N) is 2. The molecule has 3 aromatic heterocycles. The van der Waals surface area contributed by atoms with Crippen LogP contribution in [0.4, 0.5) is 11.6 Å². The van der Waals surface area contributed by atoms with Crippen LogP contribution in [0.25, 0.3) is 16.7 Å². The predicted molar refractivity (Wildman–Crippen MR) is 128 cm³/mol. The molecule has 166 valence electrons. The van der Waals surface area contributed by atoms with Gasteiger partial charge in [0.1, 0.15) is 5.39 Å². The summed E-state index contributed by atoms with van der Waals surface area (Å²) in [5, 5.41) is 7.19. The number of hydrogen-bond donors (Lipinski definition) is 2. The standard InChI is InChI=1S/C25H25N7O/c1-2-11-31-24(33)21-15-28-25(29-19-6-5-18-14-26-9-7-17(18)12-19)30-23(21)32(31)20-8-10-27-22(13-20)16-3-4-16/h2,5-6,8,10,12-13,15-16,26H,1,3-4,7,9,11,14H2,(H,28,29,30). The maximum absolute atomic E-state index is 13.1. The van der Waals surface area contributed by atoms with Crippen molar-refractivity contribution in [1.29, 1.82) is 0 Å². The second kappa shape index (κ2) is 7.97. The Kier molecular flexibility index (Phi) is 4.80. The number of benzene rings is 1. The van der Waals surface area contributed by atoms with E-state index in [4.69, 9.17) is 4.98 Å². The van der Waals surface area contributed by atoms with Crippen molar-refractivity contribution in [1.82, 2.24) is 29.6 Å². The van der Waals surface area contributed by atoms with E-state index in [2.05, 4.69) is 45.4 Å². The maximum atomic E-state index is 13.1. The van der Waals surface area contributed by atoms with Crippen LogP contribution in [0.3, 0.4) is 0 Å². The smallest absolute Gasteiger partial charge is 0.278 e. The van der Waals surface area contributed by atoms with E-state index in [1.54, 1.807) is 23.2 Å². The summed E-state index contributed by atoms with van der Waals surface area (Å²) in [5.41, 5.74) is 5.95. The van der Waals surface area contributed by atoms with Gasteiger partial charge in [-0.1, -0.05) is 12.1 Å². The normalized spacial score (nSPS) is 15.4. The first-order chi connectivity index (χ1) is 16.2. The van der Waals surface area contributed by atoms with Crippen LogP contribution in [0.5, 0.6) is 0 Å². The van der Waals surface area contributed by atoms with E-state index in [0.29, 0.717) is 29.4 Å². The van der Waals surface area contributed by atoms with Gasteiger partial charge < -0.3 is 10.6 Å². The number of pyridine rings is 1. The molecule has 0 bridgehead atoms. The fraction of sp³-hybridized carbons (Fsp3) is 0.280.